The average molecular weight is 478 g/mol. The zero-order chi connectivity index (χ0) is 25.3. The predicted octanol–water partition coefficient (Wildman–Crippen LogP) is 7.55. The van der Waals surface area contributed by atoms with E-state index in [9.17, 15) is 35.1 Å². The molecule has 0 aliphatic rings. The molecule has 4 nitrogen and oxygen atoms in total. The summed E-state index contributed by atoms with van der Waals surface area (Å²) in [5.74, 6) is -9.22. The van der Waals surface area contributed by atoms with E-state index in [4.69, 9.17) is 9.57 Å². The molecule has 1 aromatic rings. The van der Waals surface area contributed by atoms with Crippen LogP contribution in [-0.4, -0.2) is 30.9 Å². The minimum Gasteiger partial charge on any atom is -0.487 e. The van der Waals surface area contributed by atoms with Crippen molar-refractivity contribution in [2.45, 2.75) is 83.6 Å². The smallest absolute Gasteiger partial charge is 0.423 e. The quantitative estimate of drug-likeness (QED) is 0.168. The van der Waals surface area contributed by atoms with Crippen LogP contribution in [0.3, 0.4) is 0 Å². The van der Waals surface area contributed by atoms with Crippen LogP contribution >= 0.6 is 0 Å². The highest BCUT2D eigenvalue weighted by molar-refractivity contribution is 5.51. The van der Waals surface area contributed by atoms with Crippen LogP contribution in [0.2, 0.25) is 0 Å². The first-order valence-electron chi connectivity index (χ1n) is 9.42. The molecule has 0 unspecified atom stereocenters. The Morgan fingerprint density at radius 1 is 0.781 bits per heavy atom. The lowest BCUT2D eigenvalue weighted by Crippen LogP contribution is -2.35. The minimum absolute atomic E-state index is 0.0361. The van der Waals surface area contributed by atoms with Crippen molar-refractivity contribution in [2.75, 3.05) is 6.61 Å². The summed E-state index contributed by atoms with van der Waals surface area (Å²) in [6, 6.07) is -2.36. The third-order valence-electron chi connectivity index (χ3n) is 4.27. The molecule has 0 saturated heterocycles. The molecule has 1 rings (SSSR count). The lowest BCUT2D eigenvalue weighted by Gasteiger charge is -2.28. The van der Waals surface area contributed by atoms with Gasteiger partial charge in [-0.05, 0) is 23.0 Å². The van der Waals surface area contributed by atoms with Gasteiger partial charge in [0.15, 0.2) is 12.4 Å². The number of hydrogen-bond acceptors (Lipinski definition) is 4. The molecule has 0 aliphatic heterocycles. The molecule has 12 heteroatoms. The van der Waals surface area contributed by atoms with Crippen LogP contribution < -0.4 is 9.57 Å². The molecule has 0 aromatic heterocycles. The molecule has 0 N–H and O–H groups in total. The first kappa shape index (κ1) is 27.9. The molecule has 0 saturated carbocycles. The predicted molar refractivity (Wildman–Crippen MR) is 101 cm³/mol. The van der Waals surface area contributed by atoms with Gasteiger partial charge < -0.3 is 9.57 Å². The number of ether oxygens (including phenoxy) is 1. The molecule has 0 aliphatic carbocycles. The van der Waals surface area contributed by atoms with Crippen LogP contribution in [0.4, 0.5) is 35.1 Å². The van der Waals surface area contributed by atoms with E-state index in [0.717, 1.165) is 0 Å². The van der Waals surface area contributed by atoms with Gasteiger partial charge in [-0.1, -0.05) is 46.7 Å². The average Bonchev–Trinajstić information content (AvgIpc) is 2.57. The lowest BCUT2D eigenvalue weighted by atomic mass is 9.81. The molecule has 0 bridgehead atoms. The summed E-state index contributed by atoms with van der Waals surface area (Å²) >= 11 is 0. The molecule has 0 spiro atoms. The van der Waals surface area contributed by atoms with Gasteiger partial charge in [0.1, 0.15) is 5.75 Å². The second-order valence-corrected chi connectivity index (χ2v) is 9.40. The van der Waals surface area contributed by atoms with Crippen molar-refractivity contribution < 1.29 is 44.7 Å². The Labute approximate surface area is 180 Å². The molecule has 0 atom stereocenters. The molecular weight excluding hydrogens is 452 g/mol. The van der Waals surface area contributed by atoms with E-state index in [0.29, 0.717) is 0 Å². The van der Waals surface area contributed by atoms with Gasteiger partial charge in [0.2, 0.25) is 0 Å². The standard InChI is InChI=1S/C20H26F8N2O2/c1-16(2,3)11-9-14(32-30-29-20(27,28)18(7,23)24)12(17(4,5)6)8-13(11)31-10-19(25,26)15(21)22/h8-9,15H,10H2,1-7H3. The molecule has 184 valence electrons. The molecule has 32 heavy (non-hydrogen) atoms. The number of hydrogen-bond donors (Lipinski definition) is 0. The van der Waals surface area contributed by atoms with E-state index in [1.165, 1.54) is 12.1 Å². The Kier molecular flexibility index (Phi) is 7.85. The summed E-state index contributed by atoms with van der Waals surface area (Å²) in [4.78, 5) is 4.89. The fraction of sp³-hybridized carbons (Fsp3) is 0.700. The van der Waals surface area contributed by atoms with Gasteiger partial charge in [0.25, 0.3) is 0 Å². The van der Waals surface area contributed by atoms with Crippen molar-refractivity contribution in [3.05, 3.63) is 23.3 Å². The van der Waals surface area contributed by atoms with Gasteiger partial charge in [-0.3, -0.25) is 0 Å². The van der Waals surface area contributed by atoms with Crippen molar-refractivity contribution in [3.8, 4) is 11.5 Å². The first-order valence-corrected chi connectivity index (χ1v) is 9.42. The van der Waals surface area contributed by atoms with Crippen LogP contribution in [0.15, 0.2) is 22.5 Å². The summed E-state index contributed by atoms with van der Waals surface area (Å²) in [5, 5.41) is 5.00. The number of halogens is 8. The number of nitrogens with zero attached hydrogens (tertiary/aromatic N) is 2. The monoisotopic (exact) mass is 478 g/mol. The van der Waals surface area contributed by atoms with Crippen LogP contribution in [0.25, 0.3) is 0 Å². The summed E-state index contributed by atoms with van der Waals surface area (Å²) in [6.07, 6.45) is -3.94. The normalized spacial score (nSPS) is 14.4. The third-order valence-corrected chi connectivity index (χ3v) is 4.27. The van der Waals surface area contributed by atoms with E-state index in [-0.39, 0.29) is 29.5 Å². The maximum atomic E-state index is 13.4. The summed E-state index contributed by atoms with van der Waals surface area (Å²) in [7, 11) is 0. The van der Waals surface area contributed by atoms with E-state index in [1.54, 1.807) is 41.5 Å². The number of benzene rings is 1. The third kappa shape index (κ3) is 6.93. The van der Waals surface area contributed by atoms with Gasteiger partial charge in [-0.15, -0.1) is 0 Å². The van der Waals surface area contributed by atoms with Gasteiger partial charge in [-0.25, -0.2) is 8.78 Å². The van der Waals surface area contributed by atoms with Crippen LogP contribution in [0.1, 0.15) is 59.6 Å². The molecule has 0 radical (unpaired) electrons. The molecule has 1 aromatic carbocycles. The second-order valence-electron chi connectivity index (χ2n) is 9.40. The van der Waals surface area contributed by atoms with Crippen molar-refractivity contribution in [3.63, 3.8) is 0 Å². The maximum Gasteiger partial charge on any atom is 0.423 e. The SMILES string of the molecule is CC(C)(C)c1cc(ON=NC(F)(F)C(C)(F)F)c(C(C)(C)C)cc1OCC(F)(F)C(F)F. The molecule has 0 amide bonds. The Hall–Kier alpha value is -2.14. The summed E-state index contributed by atoms with van der Waals surface area (Å²) < 4.78 is 109. The highest BCUT2D eigenvalue weighted by Crippen LogP contribution is 2.42. The van der Waals surface area contributed by atoms with Gasteiger partial charge in [0.05, 0.1) is 0 Å². The van der Waals surface area contributed by atoms with Crippen molar-refractivity contribution in [1.82, 2.24) is 0 Å². The van der Waals surface area contributed by atoms with Gasteiger partial charge in [0, 0.05) is 23.3 Å². The van der Waals surface area contributed by atoms with Crippen molar-refractivity contribution in [2.24, 2.45) is 10.4 Å². The Bertz CT molecular complexity index is 823. The molecule has 0 fully saturated rings. The number of rotatable bonds is 8. The zero-order valence-corrected chi connectivity index (χ0v) is 18.7. The zero-order valence-electron chi connectivity index (χ0n) is 18.7. The van der Waals surface area contributed by atoms with Gasteiger partial charge >= 0.3 is 24.3 Å². The maximum absolute atomic E-state index is 13.4. The number of alkyl halides is 8. The van der Waals surface area contributed by atoms with E-state index in [2.05, 4.69) is 10.4 Å². The van der Waals surface area contributed by atoms with Crippen molar-refractivity contribution in [1.29, 1.82) is 0 Å². The summed E-state index contributed by atoms with van der Waals surface area (Å²) in [6.45, 7) is 8.25. The largest absolute Gasteiger partial charge is 0.487 e. The second kappa shape index (κ2) is 9.01. The topological polar surface area (TPSA) is 43.2 Å². The van der Waals surface area contributed by atoms with E-state index < -0.39 is 41.8 Å². The highest BCUT2D eigenvalue weighted by Gasteiger charge is 2.53. The summed E-state index contributed by atoms with van der Waals surface area (Å²) in [5.41, 5.74) is -1.21. The Balaban J connectivity index is 3.49. The van der Waals surface area contributed by atoms with Crippen LogP contribution in [0.5, 0.6) is 11.5 Å². The Morgan fingerprint density at radius 2 is 1.22 bits per heavy atom. The fourth-order valence-electron chi connectivity index (χ4n) is 2.37. The van der Waals surface area contributed by atoms with Crippen LogP contribution in [-0.2, 0) is 10.8 Å². The van der Waals surface area contributed by atoms with E-state index in [1.807, 2.05) is 0 Å². The highest BCUT2D eigenvalue weighted by atomic mass is 19.3. The van der Waals surface area contributed by atoms with Crippen molar-refractivity contribution >= 4 is 0 Å². The Morgan fingerprint density at radius 3 is 1.62 bits per heavy atom. The molecule has 0 heterocycles. The minimum atomic E-state index is -4.83. The van der Waals surface area contributed by atoms with Crippen LogP contribution in [0, 0.1) is 0 Å². The molecular formula is C20H26F8N2O2. The fourth-order valence-corrected chi connectivity index (χ4v) is 2.37. The van der Waals surface area contributed by atoms with Gasteiger partial charge in [-0.2, -0.15) is 26.3 Å². The first-order chi connectivity index (χ1) is 14.1. The lowest BCUT2D eigenvalue weighted by molar-refractivity contribution is -0.198. The van der Waals surface area contributed by atoms with E-state index >= 15 is 0 Å².